The van der Waals surface area contributed by atoms with E-state index < -0.39 is 6.10 Å². The van der Waals surface area contributed by atoms with Gasteiger partial charge >= 0.3 is 0 Å². The fourth-order valence-corrected chi connectivity index (χ4v) is 1.90. The smallest absolute Gasteiger partial charge is 0.0869 e. The van der Waals surface area contributed by atoms with Gasteiger partial charge in [-0.2, -0.15) is 5.10 Å². The molecule has 2 aromatic rings. The second kappa shape index (κ2) is 3.89. The van der Waals surface area contributed by atoms with Crippen molar-refractivity contribution < 1.29 is 5.11 Å². The van der Waals surface area contributed by atoms with Gasteiger partial charge in [-0.05, 0) is 0 Å². The maximum atomic E-state index is 9.83. The van der Waals surface area contributed by atoms with Crippen LogP contribution in [0.2, 0.25) is 0 Å². The van der Waals surface area contributed by atoms with Crippen LogP contribution in [0.5, 0.6) is 0 Å². The number of nitrogens with zero attached hydrogens (tertiary/aromatic N) is 3. The van der Waals surface area contributed by atoms with Crippen LogP contribution in [0.15, 0.2) is 24.1 Å². The van der Waals surface area contributed by atoms with Crippen molar-refractivity contribution >= 4 is 11.3 Å². The van der Waals surface area contributed by atoms with Gasteiger partial charge in [0.2, 0.25) is 0 Å². The van der Waals surface area contributed by atoms with E-state index in [1.54, 1.807) is 33.9 Å². The van der Waals surface area contributed by atoms with Crippen LogP contribution < -0.4 is 0 Å². The quantitative estimate of drug-likeness (QED) is 0.825. The van der Waals surface area contributed by atoms with E-state index in [-0.39, 0.29) is 0 Å². The summed E-state index contributed by atoms with van der Waals surface area (Å²) >= 11 is 1.55. The molecule has 0 aromatic carbocycles. The molecule has 2 aromatic heterocycles. The van der Waals surface area contributed by atoms with E-state index >= 15 is 0 Å². The average Bonchev–Trinajstić information content (AvgIpc) is 2.75. The summed E-state index contributed by atoms with van der Waals surface area (Å²) in [6, 6.07) is 0. The highest BCUT2D eigenvalue weighted by molar-refractivity contribution is 7.09. The minimum atomic E-state index is -0.482. The van der Waals surface area contributed by atoms with Crippen molar-refractivity contribution in [1.82, 2.24) is 14.8 Å². The summed E-state index contributed by atoms with van der Waals surface area (Å²) in [4.78, 5) is 5.05. The van der Waals surface area contributed by atoms with E-state index in [9.17, 15) is 5.11 Å². The lowest BCUT2D eigenvalue weighted by Gasteiger charge is -2.04. The van der Waals surface area contributed by atoms with Gasteiger partial charge in [-0.25, -0.2) is 0 Å². The van der Waals surface area contributed by atoms with E-state index in [0.29, 0.717) is 6.42 Å². The monoisotopic (exact) mass is 209 g/mol. The number of rotatable bonds is 3. The van der Waals surface area contributed by atoms with Crippen molar-refractivity contribution in [2.24, 2.45) is 7.05 Å². The molecular weight excluding hydrogens is 198 g/mol. The molecule has 0 amide bonds. The third-order valence-electron chi connectivity index (χ3n) is 1.99. The van der Waals surface area contributed by atoms with Crippen LogP contribution in [0.25, 0.3) is 0 Å². The normalized spacial score (nSPS) is 13.0. The Labute approximate surface area is 85.8 Å². The molecule has 0 saturated carbocycles. The van der Waals surface area contributed by atoms with Crippen LogP contribution in [0.3, 0.4) is 0 Å². The van der Waals surface area contributed by atoms with E-state index in [0.717, 1.165) is 10.4 Å². The molecule has 4 nitrogen and oxygen atoms in total. The summed E-state index contributed by atoms with van der Waals surface area (Å²) in [6.45, 7) is 0. The van der Waals surface area contributed by atoms with Crippen molar-refractivity contribution in [1.29, 1.82) is 0 Å². The number of thiazole rings is 1. The Balaban J connectivity index is 2.06. The third kappa shape index (κ3) is 2.00. The Bertz CT molecular complexity index is 396. The van der Waals surface area contributed by atoms with Gasteiger partial charge in [0, 0.05) is 36.3 Å². The lowest BCUT2D eigenvalue weighted by atomic mass is 10.1. The van der Waals surface area contributed by atoms with Crippen molar-refractivity contribution in [2.45, 2.75) is 12.5 Å². The largest absolute Gasteiger partial charge is 0.388 e. The molecule has 2 rings (SSSR count). The van der Waals surface area contributed by atoms with E-state index in [4.69, 9.17) is 0 Å². The molecule has 74 valence electrons. The van der Waals surface area contributed by atoms with E-state index in [2.05, 4.69) is 10.1 Å². The first-order valence-electron chi connectivity index (χ1n) is 4.29. The van der Waals surface area contributed by atoms with Gasteiger partial charge in [0.1, 0.15) is 0 Å². The number of aromatic nitrogens is 3. The van der Waals surface area contributed by atoms with Crippen LogP contribution in [0.4, 0.5) is 0 Å². The molecule has 1 atom stereocenters. The fraction of sp³-hybridized carbons (Fsp3) is 0.333. The maximum absolute atomic E-state index is 9.83. The number of hydrogen-bond acceptors (Lipinski definition) is 4. The summed E-state index contributed by atoms with van der Waals surface area (Å²) in [5, 5.41) is 13.8. The highest BCUT2D eigenvalue weighted by Crippen LogP contribution is 2.19. The molecule has 0 radical (unpaired) electrons. The van der Waals surface area contributed by atoms with Crippen LogP contribution in [-0.2, 0) is 13.5 Å². The fourth-order valence-electron chi connectivity index (χ4n) is 1.26. The Morgan fingerprint density at radius 3 is 3.00 bits per heavy atom. The standard InChI is InChI=1S/C9H11N3OS/c1-12-5-7(3-11-12)9(13)2-8-4-10-6-14-8/h3-6,9,13H,2H2,1H3. The molecule has 0 saturated heterocycles. The summed E-state index contributed by atoms with van der Waals surface area (Å²) < 4.78 is 1.69. The first-order valence-corrected chi connectivity index (χ1v) is 5.17. The van der Waals surface area contributed by atoms with Crippen LogP contribution in [0, 0.1) is 0 Å². The average molecular weight is 209 g/mol. The molecule has 0 aliphatic heterocycles. The SMILES string of the molecule is Cn1cc(C(O)Cc2cncs2)cn1. The molecular formula is C9H11N3OS. The maximum Gasteiger partial charge on any atom is 0.0869 e. The lowest BCUT2D eigenvalue weighted by molar-refractivity contribution is 0.179. The molecule has 14 heavy (non-hydrogen) atoms. The molecule has 5 heteroatoms. The molecule has 0 fully saturated rings. The minimum Gasteiger partial charge on any atom is -0.388 e. The highest BCUT2D eigenvalue weighted by Gasteiger charge is 2.10. The Morgan fingerprint density at radius 2 is 2.43 bits per heavy atom. The summed E-state index contributed by atoms with van der Waals surface area (Å²) in [5.74, 6) is 0. The Hall–Kier alpha value is -1.20. The van der Waals surface area contributed by atoms with Crippen molar-refractivity contribution in [3.8, 4) is 0 Å². The van der Waals surface area contributed by atoms with Gasteiger partial charge in [0.25, 0.3) is 0 Å². The number of aryl methyl sites for hydroxylation is 1. The Kier molecular flexibility index (Phi) is 2.60. The van der Waals surface area contributed by atoms with Gasteiger partial charge in [-0.1, -0.05) is 0 Å². The van der Waals surface area contributed by atoms with Gasteiger partial charge in [-0.15, -0.1) is 11.3 Å². The highest BCUT2D eigenvalue weighted by atomic mass is 32.1. The van der Waals surface area contributed by atoms with Gasteiger partial charge in [-0.3, -0.25) is 9.67 Å². The molecule has 2 heterocycles. The van der Waals surface area contributed by atoms with Gasteiger partial charge in [0.05, 0.1) is 17.8 Å². The minimum absolute atomic E-state index is 0.482. The second-order valence-electron chi connectivity index (χ2n) is 3.14. The first-order chi connectivity index (χ1) is 6.75. The number of aliphatic hydroxyl groups excluding tert-OH is 1. The molecule has 0 aliphatic rings. The van der Waals surface area contributed by atoms with E-state index in [1.807, 2.05) is 13.2 Å². The number of hydrogen-bond donors (Lipinski definition) is 1. The lowest BCUT2D eigenvalue weighted by Crippen LogP contribution is -1.99. The van der Waals surface area contributed by atoms with Crippen molar-refractivity contribution in [3.05, 3.63) is 34.5 Å². The zero-order chi connectivity index (χ0) is 9.97. The summed E-state index contributed by atoms with van der Waals surface area (Å²) in [5.41, 5.74) is 2.62. The molecule has 1 unspecified atom stereocenters. The Morgan fingerprint density at radius 1 is 1.57 bits per heavy atom. The van der Waals surface area contributed by atoms with Gasteiger partial charge in [0.15, 0.2) is 0 Å². The van der Waals surface area contributed by atoms with Crippen molar-refractivity contribution in [2.75, 3.05) is 0 Å². The van der Waals surface area contributed by atoms with Crippen molar-refractivity contribution in [3.63, 3.8) is 0 Å². The van der Waals surface area contributed by atoms with Gasteiger partial charge < -0.3 is 5.11 Å². The van der Waals surface area contributed by atoms with Crippen LogP contribution in [0.1, 0.15) is 16.5 Å². The zero-order valence-corrected chi connectivity index (χ0v) is 8.61. The zero-order valence-electron chi connectivity index (χ0n) is 7.79. The predicted octanol–water partition coefficient (Wildman–Crippen LogP) is 1.15. The van der Waals surface area contributed by atoms with E-state index in [1.165, 1.54) is 0 Å². The molecule has 1 N–H and O–H groups in total. The molecule has 0 spiro atoms. The topological polar surface area (TPSA) is 50.9 Å². The molecule has 0 bridgehead atoms. The third-order valence-corrected chi connectivity index (χ3v) is 2.79. The second-order valence-corrected chi connectivity index (χ2v) is 4.11. The first kappa shape index (κ1) is 9.36. The van der Waals surface area contributed by atoms with Crippen LogP contribution in [-0.4, -0.2) is 19.9 Å². The van der Waals surface area contributed by atoms with Crippen LogP contribution >= 0.6 is 11.3 Å². The summed E-state index contributed by atoms with van der Waals surface area (Å²) in [7, 11) is 1.84. The summed E-state index contributed by atoms with van der Waals surface area (Å²) in [6.07, 6.45) is 5.42. The molecule has 0 aliphatic carbocycles. The number of aliphatic hydroxyl groups is 1. The predicted molar refractivity (Wildman–Crippen MR) is 54.0 cm³/mol.